The first-order valence-corrected chi connectivity index (χ1v) is 5.90. The SMILES string of the molecule is COCCOCCNC1=NCCCS1. The second-order valence-electron chi connectivity index (χ2n) is 2.92. The van der Waals surface area contributed by atoms with Crippen LogP contribution in [0.5, 0.6) is 0 Å². The first kappa shape index (κ1) is 11.8. The van der Waals surface area contributed by atoms with Crippen molar-refractivity contribution in [1.82, 2.24) is 5.32 Å². The van der Waals surface area contributed by atoms with E-state index in [4.69, 9.17) is 9.47 Å². The van der Waals surface area contributed by atoms with Gasteiger partial charge in [-0.15, -0.1) is 0 Å². The zero-order chi connectivity index (χ0) is 10.1. The van der Waals surface area contributed by atoms with Crippen LogP contribution < -0.4 is 5.32 Å². The molecule has 0 aromatic carbocycles. The lowest BCUT2D eigenvalue weighted by Crippen LogP contribution is -2.27. The van der Waals surface area contributed by atoms with Crippen LogP contribution in [-0.4, -0.2) is 50.9 Å². The quantitative estimate of drug-likeness (QED) is 0.668. The number of ether oxygens (including phenoxy) is 2. The molecule has 5 heteroatoms. The molecule has 0 aromatic rings. The van der Waals surface area contributed by atoms with Gasteiger partial charge in [0.1, 0.15) is 0 Å². The second-order valence-corrected chi connectivity index (χ2v) is 4.00. The van der Waals surface area contributed by atoms with Gasteiger partial charge < -0.3 is 14.8 Å². The molecule has 82 valence electrons. The van der Waals surface area contributed by atoms with Crippen LogP contribution in [0.25, 0.3) is 0 Å². The van der Waals surface area contributed by atoms with Crippen molar-refractivity contribution in [3.05, 3.63) is 0 Å². The maximum atomic E-state index is 5.31. The Morgan fingerprint density at radius 2 is 2.36 bits per heavy atom. The van der Waals surface area contributed by atoms with E-state index in [1.54, 1.807) is 18.9 Å². The van der Waals surface area contributed by atoms with Gasteiger partial charge in [0.05, 0.1) is 19.8 Å². The highest BCUT2D eigenvalue weighted by molar-refractivity contribution is 8.13. The lowest BCUT2D eigenvalue weighted by Gasteiger charge is -2.12. The molecule has 1 N–H and O–H groups in total. The van der Waals surface area contributed by atoms with Gasteiger partial charge in [-0.3, -0.25) is 4.99 Å². The number of aliphatic imine (C=N–C) groups is 1. The summed E-state index contributed by atoms with van der Waals surface area (Å²) in [5.41, 5.74) is 0. The summed E-state index contributed by atoms with van der Waals surface area (Å²) in [7, 11) is 1.68. The minimum Gasteiger partial charge on any atom is -0.382 e. The van der Waals surface area contributed by atoms with Crippen molar-refractivity contribution in [3.8, 4) is 0 Å². The maximum absolute atomic E-state index is 5.31. The molecule has 0 fully saturated rings. The summed E-state index contributed by atoms with van der Waals surface area (Å²) in [4.78, 5) is 4.35. The summed E-state index contributed by atoms with van der Waals surface area (Å²) in [5, 5.41) is 4.31. The smallest absolute Gasteiger partial charge is 0.156 e. The molecule has 14 heavy (non-hydrogen) atoms. The highest BCUT2D eigenvalue weighted by atomic mass is 32.2. The third-order valence-corrected chi connectivity index (χ3v) is 2.79. The van der Waals surface area contributed by atoms with Crippen molar-refractivity contribution in [2.45, 2.75) is 6.42 Å². The number of thioether (sulfide) groups is 1. The standard InChI is InChI=1S/C9H18N2O2S/c1-12-6-7-13-5-4-11-9-10-3-2-8-14-9/h2-8H2,1H3,(H,10,11). The first-order valence-electron chi connectivity index (χ1n) is 4.91. The predicted molar refractivity (Wildman–Crippen MR) is 60.1 cm³/mol. The fourth-order valence-electron chi connectivity index (χ4n) is 1.04. The average molecular weight is 218 g/mol. The van der Waals surface area contributed by atoms with Gasteiger partial charge in [-0.1, -0.05) is 11.8 Å². The van der Waals surface area contributed by atoms with E-state index in [0.717, 1.165) is 18.3 Å². The van der Waals surface area contributed by atoms with Crippen LogP contribution >= 0.6 is 11.8 Å². The van der Waals surface area contributed by atoms with Gasteiger partial charge >= 0.3 is 0 Å². The minimum absolute atomic E-state index is 0.662. The number of nitrogens with one attached hydrogen (secondary N) is 1. The summed E-state index contributed by atoms with van der Waals surface area (Å²) in [6.07, 6.45) is 1.19. The van der Waals surface area contributed by atoms with Crippen LogP contribution in [0.2, 0.25) is 0 Å². The van der Waals surface area contributed by atoms with Gasteiger partial charge in [-0.2, -0.15) is 0 Å². The fourth-order valence-corrected chi connectivity index (χ4v) is 1.89. The molecule has 0 radical (unpaired) electrons. The Labute approximate surface area is 89.4 Å². The van der Waals surface area contributed by atoms with Crippen LogP contribution in [0.4, 0.5) is 0 Å². The third-order valence-electron chi connectivity index (χ3n) is 1.75. The number of nitrogens with zero attached hydrogens (tertiary/aromatic N) is 1. The van der Waals surface area contributed by atoms with Crippen LogP contribution in [0.3, 0.4) is 0 Å². The normalized spacial score (nSPS) is 16.5. The topological polar surface area (TPSA) is 42.9 Å². The van der Waals surface area contributed by atoms with Gasteiger partial charge in [0.2, 0.25) is 0 Å². The van der Waals surface area contributed by atoms with Crippen molar-refractivity contribution in [1.29, 1.82) is 0 Å². The molecule has 1 rings (SSSR count). The Hall–Kier alpha value is -0.260. The molecule has 4 nitrogen and oxygen atoms in total. The van der Waals surface area contributed by atoms with E-state index in [1.165, 1.54) is 12.2 Å². The molecule has 1 aliphatic heterocycles. The minimum atomic E-state index is 0.662. The van der Waals surface area contributed by atoms with Crippen LogP contribution in [0.15, 0.2) is 4.99 Å². The van der Waals surface area contributed by atoms with Gasteiger partial charge in [0.25, 0.3) is 0 Å². The van der Waals surface area contributed by atoms with E-state index in [1.807, 2.05) is 0 Å². The van der Waals surface area contributed by atoms with E-state index in [2.05, 4.69) is 10.3 Å². The lowest BCUT2D eigenvalue weighted by molar-refractivity contribution is 0.0734. The summed E-state index contributed by atoms with van der Waals surface area (Å²) in [5.74, 6) is 1.18. The van der Waals surface area contributed by atoms with Crippen LogP contribution in [-0.2, 0) is 9.47 Å². The highest BCUT2D eigenvalue weighted by Gasteiger charge is 2.03. The molecule has 0 spiro atoms. The number of hydrogen-bond acceptors (Lipinski definition) is 5. The van der Waals surface area contributed by atoms with Crippen molar-refractivity contribution in [3.63, 3.8) is 0 Å². The second kappa shape index (κ2) is 8.08. The molecule has 0 saturated heterocycles. The number of amidine groups is 1. The van der Waals surface area contributed by atoms with Crippen molar-refractivity contribution >= 4 is 16.9 Å². The van der Waals surface area contributed by atoms with Crippen LogP contribution in [0, 0.1) is 0 Å². The third kappa shape index (κ3) is 5.47. The largest absolute Gasteiger partial charge is 0.382 e. The van der Waals surface area contributed by atoms with Crippen molar-refractivity contribution in [2.75, 3.05) is 45.8 Å². The zero-order valence-corrected chi connectivity index (χ0v) is 9.44. The van der Waals surface area contributed by atoms with Crippen molar-refractivity contribution < 1.29 is 9.47 Å². The van der Waals surface area contributed by atoms with Gasteiger partial charge in [0, 0.05) is 26.0 Å². The van der Waals surface area contributed by atoms with Gasteiger partial charge in [-0.05, 0) is 6.42 Å². The summed E-state index contributed by atoms with van der Waals surface area (Å²) in [6.45, 7) is 3.83. The molecule has 1 aliphatic rings. The average Bonchev–Trinajstić information content (AvgIpc) is 2.25. The number of hydrogen-bond donors (Lipinski definition) is 1. The molecule has 0 aromatic heterocycles. The molecular formula is C9H18N2O2S. The van der Waals surface area contributed by atoms with E-state index in [0.29, 0.717) is 19.8 Å². The summed E-state index contributed by atoms with van der Waals surface area (Å²) in [6, 6.07) is 0. The van der Waals surface area contributed by atoms with E-state index >= 15 is 0 Å². The fraction of sp³-hybridized carbons (Fsp3) is 0.889. The Kier molecular flexibility index (Phi) is 6.82. The monoisotopic (exact) mass is 218 g/mol. The molecule has 1 heterocycles. The zero-order valence-electron chi connectivity index (χ0n) is 8.62. The number of rotatable bonds is 6. The summed E-state index contributed by atoms with van der Waals surface area (Å²) < 4.78 is 10.2. The highest BCUT2D eigenvalue weighted by Crippen LogP contribution is 2.09. The molecule has 0 saturated carbocycles. The van der Waals surface area contributed by atoms with E-state index in [-0.39, 0.29) is 0 Å². The molecule has 0 amide bonds. The number of methoxy groups -OCH3 is 1. The Morgan fingerprint density at radius 3 is 3.07 bits per heavy atom. The molecule has 0 unspecified atom stereocenters. The van der Waals surface area contributed by atoms with E-state index in [9.17, 15) is 0 Å². The maximum Gasteiger partial charge on any atom is 0.156 e. The lowest BCUT2D eigenvalue weighted by atomic mass is 10.5. The molecule has 0 aliphatic carbocycles. The Bertz CT molecular complexity index is 176. The van der Waals surface area contributed by atoms with Crippen LogP contribution in [0.1, 0.15) is 6.42 Å². The first-order chi connectivity index (χ1) is 6.93. The Balaban J connectivity index is 1.90. The Morgan fingerprint density at radius 1 is 1.43 bits per heavy atom. The molecular weight excluding hydrogens is 200 g/mol. The molecule has 0 bridgehead atoms. The molecule has 0 atom stereocenters. The summed E-state index contributed by atoms with van der Waals surface area (Å²) >= 11 is 1.79. The van der Waals surface area contributed by atoms with Gasteiger partial charge in [0.15, 0.2) is 5.17 Å². The van der Waals surface area contributed by atoms with Crippen molar-refractivity contribution in [2.24, 2.45) is 4.99 Å². The predicted octanol–water partition coefficient (Wildman–Crippen LogP) is 0.732. The van der Waals surface area contributed by atoms with E-state index < -0.39 is 0 Å². The van der Waals surface area contributed by atoms with Gasteiger partial charge in [-0.25, -0.2) is 0 Å².